The van der Waals surface area contributed by atoms with Crippen molar-refractivity contribution in [2.24, 2.45) is 4.99 Å². The predicted molar refractivity (Wildman–Crippen MR) is 186 cm³/mol. The molecule has 0 N–H and O–H groups in total. The number of urea groups is 1. The maximum absolute atomic E-state index is 14.8. The summed E-state index contributed by atoms with van der Waals surface area (Å²) >= 11 is 12.6. The van der Waals surface area contributed by atoms with Gasteiger partial charge in [-0.05, 0) is 65.4 Å². The summed E-state index contributed by atoms with van der Waals surface area (Å²) in [6.07, 6.45) is 1.25. The highest BCUT2D eigenvalue weighted by atomic mass is 35.5. The maximum Gasteiger partial charge on any atom is 0.326 e. The summed E-state index contributed by atoms with van der Waals surface area (Å²) in [7, 11) is -3.08. The van der Waals surface area contributed by atoms with Crippen LogP contribution in [0.15, 0.2) is 71.7 Å². The molecule has 246 valence electrons. The largest absolute Gasteiger partial charge is 0.493 e. The van der Waals surface area contributed by atoms with E-state index in [-0.39, 0.29) is 17.2 Å². The van der Waals surface area contributed by atoms with Crippen molar-refractivity contribution in [3.05, 3.63) is 99.0 Å². The summed E-state index contributed by atoms with van der Waals surface area (Å²) in [4.78, 5) is 25.9. The van der Waals surface area contributed by atoms with Gasteiger partial charge in [0, 0.05) is 49.0 Å². The second kappa shape index (κ2) is 13.9. The molecule has 0 bridgehead atoms. The Balaban J connectivity index is 1.62. The monoisotopic (exact) mass is 684 g/mol. The van der Waals surface area contributed by atoms with Crippen molar-refractivity contribution in [2.75, 3.05) is 51.3 Å². The number of sulfone groups is 1. The number of ether oxygens (including phenoxy) is 1. The lowest BCUT2D eigenvalue weighted by Crippen LogP contribution is -2.54. The molecule has 3 aromatic rings. The minimum Gasteiger partial charge on any atom is -0.493 e. The predicted octanol–water partition coefficient (Wildman–Crippen LogP) is 7.02. The van der Waals surface area contributed by atoms with Crippen molar-refractivity contribution in [1.29, 1.82) is 0 Å². The average Bonchev–Trinajstić information content (AvgIpc) is 3.40. The molecule has 0 aliphatic carbocycles. The first-order valence-electron chi connectivity index (χ1n) is 15.6. The van der Waals surface area contributed by atoms with Gasteiger partial charge in [-0.1, -0.05) is 74.3 Å². The molecule has 5 rings (SSSR count). The quantitative estimate of drug-likeness (QED) is 0.255. The van der Waals surface area contributed by atoms with Crippen molar-refractivity contribution in [1.82, 2.24) is 14.7 Å². The van der Waals surface area contributed by atoms with E-state index in [0.29, 0.717) is 61.0 Å². The van der Waals surface area contributed by atoms with Crippen LogP contribution < -0.4 is 4.74 Å². The molecule has 2 atom stereocenters. The summed E-state index contributed by atoms with van der Waals surface area (Å²) in [6.45, 7) is 11.4. The van der Waals surface area contributed by atoms with Crippen molar-refractivity contribution in [3.63, 3.8) is 0 Å². The molecule has 2 amide bonds. The smallest absolute Gasteiger partial charge is 0.326 e. The lowest BCUT2D eigenvalue weighted by molar-refractivity contribution is 0.122. The Morgan fingerprint density at radius 3 is 2.04 bits per heavy atom. The van der Waals surface area contributed by atoms with E-state index in [4.69, 9.17) is 32.9 Å². The summed E-state index contributed by atoms with van der Waals surface area (Å²) in [5.74, 6) is 1.29. The van der Waals surface area contributed by atoms with Crippen LogP contribution >= 0.6 is 23.2 Å². The number of amidine groups is 1. The zero-order valence-electron chi connectivity index (χ0n) is 27.0. The molecule has 3 aromatic carbocycles. The second-order valence-electron chi connectivity index (χ2n) is 13.0. The Kier molecular flexibility index (Phi) is 10.4. The lowest BCUT2D eigenvalue weighted by atomic mass is 9.86. The number of amides is 2. The highest BCUT2D eigenvalue weighted by molar-refractivity contribution is 7.90. The first kappa shape index (κ1) is 34.2. The van der Waals surface area contributed by atoms with Crippen LogP contribution in [0.5, 0.6) is 5.75 Å². The van der Waals surface area contributed by atoms with Gasteiger partial charge in [0.1, 0.15) is 27.5 Å². The van der Waals surface area contributed by atoms with E-state index in [1.165, 1.54) is 6.26 Å². The number of halogens is 2. The molecule has 2 heterocycles. The van der Waals surface area contributed by atoms with Gasteiger partial charge in [0.25, 0.3) is 0 Å². The van der Waals surface area contributed by atoms with Gasteiger partial charge < -0.3 is 9.64 Å². The van der Waals surface area contributed by atoms with E-state index >= 15 is 0 Å². The van der Waals surface area contributed by atoms with Crippen LogP contribution in [0.1, 0.15) is 62.0 Å². The zero-order chi connectivity index (χ0) is 33.2. The van der Waals surface area contributed by atoms with E-state index in [9.17, 15) is 13.2 Å². The normalized spacial score (nSPS) is 19.3. The third-order valence-electron chi connectivity index (χ3n) is 8.50. The molecular formula is C35H42Cl2N4O4S. The Morgan fingerprint density at radius 1 is 0.913 bits per heavy atom. The molecule has 0 saturated carbocycles. The van der Waals surface area contributed by atoms with Crippen molar-refractivity contribution < 1.29 is 17.9 Å². The number of nitrogens with zero attached hydrogens (tertiary/aromatic N) is 4. The van der Waals surface area contributed by atoms with Crippen LogP contribution in [0.3, 0.4) is 0 Å². The van der Waals surface area contributed by atoms with Crippen LogP contribution in [-0.4, -0.2) is 86.3 Å². The van der Waals surface area contributed by atoms with Gasteiger partial charge in [-0.15, -0.1) is 0 Å². The molecule has 0 aromatic heterocycles. The molecule has 8 nitrogen and oxygen atoms in total. The minimum absolute atomic E-state index is 0.0929. The van der Waals surface area contributed by atoms with Crippen LogP contribution in [0.2, 0.25) is 10.0 Å². The maximum atomic E-state index is 14.8. The number of hydrogen-bond donors (Lipinski definition) is 0. The number of carbonyl (C=O) groups is 1. The van der Waals surface area contributed by atoms with Gasteiger partial charge in [-0.3, -0.25) is 14.8 Å². The third kappa shape index (κ3) is 7.88. The topological polar surface area (TPSA) is 82.5 Å². The van der Waals surface area contributed by atoms with E-state index in [1.54, 1.807) is 0 Å². The number of aliphatic imine (C=N–C) groups is 1. The van der Waals surface area contributed by atoms with Crippen LogP contribution in [0.25, 0.3) is 0 Å². The van der Waals surface area contributed by atoms with Crippen LogP contribution in [-0.2, 0) is 15.3 Å². The molecule has 0 radical (unpaired) electrons. The van der Waals surface area contributed by atoms with Gasteiger partial charge in [0.05, 0.1) is 24.0 Å². The Hall–Kier alpha value is -3.11. The van der Waals surface area contributed by atoms with Crippen molar-refractivity contribution >= 4 is 44.9 Å². The van der Waals surface area contributed by atoms with Crippen LogP contribution in [0, 0.1) is 0 Å². The summed E-state index contributed by atoms with van der Waals surface area (Å²) in [5, 5.41) is 1.22. The van der Waals surface area contributed by atoms with E-state index in [0.717, 1.165) is 22.3 Å². The molecule has 1 fully saturated rings. The number of rotatable bonds is 8. The highest BCUT2D eigenvalue weighted by Gasteiger charge is 2.45. The molecule has 2 aliphatic rings. The van der Waals surface area contributed by atoms with Gasteiger partial charge in [-0.2, -0.15) is 0 Å². The van der Waals surface area contributed by atoms with Crippen molar-refractivity contribution in [3.8, 4) is 5.75 Å². The lowest BCUT2D eigenvalue weighted by Gasteiger charge is -2.39. The molecule has 2 aliphatic heterocycles. The Bertz CT molecular complexity index is 1680. The number of piperazine rings is 1. The van der Waals surface area contributed by atoms with E-state index in [1.807, 2.05) is 71.3 Å². The number of carbonyl (C=O) groups excluding carboxylic acids is 1. The standard InChI is InChI=1S/C35H42Cl2N4O4S/c1-6-45-30-16-11-26(35(2,3)4)23-29(30)33-38-31(24-7-12-27(36)13-8-24)32(25-9-14-28(37)15-10-25)41(33)34(42)40-19-17-39(18-20-40)21-22-46(5,43)44/h7-16,23,31-32H,6,17-22H2,1-5H3/t31-,32+/m0/s1. The van der Waals surface area contributed by atoms with Gasteiger partial charge in [0.15, 0.2) is 0 Å². The average molecular weight is 686 g/mol. The number of benzene rings is 3. The van der Waals surface area contributed by atoms with E-state index in [2.05, 4.69) is 37.8 Å². The number of hydrogen-bond acceptors (Lipinski definition) is 6. The molecule has 0 unspecified atom stereocenters. The van der Waals surface area contributed by atoms with Crippen molar-refractivity contribution in [2.45, 2.75) is 45.2 Å². The Labute approximate surface area is 282 Å². The zero-order valence-corrected chi connectivity index (χ0v) is 29.4. The van der Waals surface area contributed by atoms with Gasteiger partial charge in [0.2, 0.25) is 0 Å². The Morgan fingerprint density at radius 2 is 1.50 bits per heavy atom. The minimum atomic E-state index is -3.08. The second-order valence-corrected chi connectivity index (χ2v) is 16.1. The first-order valence-corrected chi connectivity index (χ1v) is 18.4. The first-order chi connectivity index (χ1) is 21.7. The van der Waals surface area contributed by atoms with Gasteiger partial charge in [-0.25, -0.2) is 13.2 Å². The van der Waals surface area contributed by atoms with Crippen LogP contribution in [0.4, 0.5) is 4.79 Å². The summed E-state index contributed by atoms with van der Waals surface area (Å²) < 4.78 is 29.7. The summed E-state index contributed by atoms with van der Waals surface area (Å²) in [6, 6.07) is 20.2. The van der Waals surface area contributed by atoms with E-state index < -0.39 is 21.9 Å². The fourth-order valence-corrected chi connectivity index (χ4v) is 6.76. The highest BCUT2D eigenvalue weighted by Crippen LogP contribution is 2.46. The molecule has 11 heteroatoms. The summed E-state index contributed by atoms with van der Waals surface area (Å²) in [5.41, 5.74) is 3.52. The van der Waals surface area contributed by atoms with Gasteiger partial charge >= 0.3 is 6.03 Å². The SMILES string of the molecule is CCOc1ccc(C(C)(C)C)cc1C1=N[C@@H](c2ccc(Cl)cc2)[C@@H](c2ccc(Cl)cc2)N1C(=O)N1CCN(CCS(C)(=O)=O)CC1. The molecule has 0 spiro atoms. The fraction of sp³-hybridized carbons (Fsp3) is 0.429. The molecular weight excluding hydrogens is 643 g/mol. The molecule has 46 heavy (non-hydrogen) atoms. The fourth-order valence-electron chi connectivity index (χ4n) is 5.92. The third-order valence-corrected chi connectivity index (χ3v) is 9.93. The molecule has 1 saturated heterocycles.